The van der Waals surface area contributed by atoms with Gasteiger partial charge in [0.25, 0.3) is 0 Å². The molecule has 0 aliphatic carbocycles. The van der Waals surface area contributed by atoms with Gasteiger partial charge in [-0.05, 0) is 24.6 Å². The summed E-state index contributed by atoms with van der Waals surface area (Å²) in [5, 5.41) is 8.72. The van der Waals surface area contributed by atoms with Gasteiger partial charge >= 0.3 is 5.97 Å². The van der Waals surface area contributed by atoms with Crippen molar-refractivity contribution in [3.8, 4) is 0 Å². The molecule has 0 spiro atoms. The zero-order valence-electron chi connectivity index (χ0n) is 10.7. The first-order valence-electron chi connectivity index (χ1n) is 5.62. The predicted octanol–water partition coefficient (Wildman–Crippen LogP) is 0.0139. The van der Waals surface area contributed by atoms with Crippen LogP contribution in [-0.2, 0) is 19.4 Å². The number of hydrogen-bond acceptors (Lipinski definition) is 6. The first-order valence-corrected chi connectivity index (χ1v) is 7.51. The number of nitrogens with two attached hydrogens (primary N) is 1. The van der Waals surface area contributed by atoms with Crippen LogP contribution in [0.15, 0.2) is 29.2 Å². The lowest BCUT2D eigenvalue weighted by Crippen LogP contribution is -2.36. The zero-order chi connectivity index (χ0) is 14.6. The maximum Gasteiger partial charge on any atom is 0.325 e. The Kier molecular flexibility index (Phi) is 5.04. The molecule has 0 radical (unpaired) electrons. The van der Waals surface area contributed by atoms with E-state index in [0.29, 0.717) is 5.56 Å². The van der Waals surface area contributed by atoms with Crippen molar-refractivity contribution in [2.75, 3.05) is 12.9 Å². The fourth-order valence-electron chi connectivity index (χ4n) is 1.39. The zero-order valence-corrected chi connectivity index (χ0v) is 11.6. The van der Waals surface area contributed by atoms with E-state index < -0.39 is 34.6 Å². The third-order valence-electron chi connectivity index (χ3n) is 2.57. The van der Waals surface area contributed by atoms with Crippen molar-refractivity contribution in [3.05, 3.63) is 29.8 Å². The maximum atomic E-state index is 11.4. The van der Waals surface area contributed by atoms with Crippen LogP contribution in [-0.4, -0.2) is 38.4 Å². The molecule has 0 amide bonds. The molecule has 0 bridgehead atoms. The Hall–Kier alpha value is -1.44. The molecular formula is C12H17NO5S. The van der Waals surface area contributed by atoms with Crippen LogP contribution in [0.4, 0.5) is 0 Å². The largest absolute Gasteiger partial charge is 0.457 e. The van der Waals surface area contributed by atoms with Crippen LogP contribution in [0.1, 0.15) is 18.6 Å². The van der Waals surface area contributed by atoms with Gasteiger partial charge in [0, 0.05) is 6.26 Å². The lowest BCUT2D eigenvalue weighted by atomic mass is 10.1. The quantitative estimate of drug-likeness (QED) is 0.739. The Labute approximate surface area is 112 Å². The highest BCUT2D eigenvalue weighted by molar-refractivity contribution is 7.90. The summed E-state index contributed by atoms with van der Waals surface area (Å²) < 4.78 is 27.6. The van der Waals surface area contributed by atoms with Crippen LogP contribution >= 0.6 is 0 Å². The molecule has 0 aliphatic rings. The Morgan fingerprint density at radius 3 is 2.32 bits per heavy atom. The van der Waals surface area contributed by atoms with E-state index in [1.165, 1.54) is 12.1 Å². The number of aliphatic hydroxyl groups is 1. The Bertz CT molecular complexity index is 538. The van der Waals surface area contributed by atoms with E-state index in [1.54, 1.807) is 19.1 Å². The number of rotatable bonds is 5. The highest BCUT2D eigenvalue weighted by Crippen LogP contribution is 2.19. The molecule has 0 heterocycles. The second kappa shape index (κ2) is 6.14. The third-order valence-corrected chi connectivity index (χ3v) is 3.70. The Morgan fingerprint density at radius 2 is 1.89 bits per heavy atom. The number of carbonyl (C=O) groups is 1. The first kappa shape index (κ1) is 15.6. The van der Waals surface area contributed by atoms with E-state index in [1.807, 2.05) is 0 Å². The highest BCUT2D eigenvalue weighted by atomic mass is 32.2. The van der Waals surface area contributed by atoms with Gasteiger partial charge in [-0.3, -0.25) is 4.79 Å². The number of aliphatic hydroxyl groups excluding tert-OH is 1. The number of carbonyl (C=O) groups excluding carboxylic acids is 1. The molecule has 0 aromatic heterocycles. The monoisotopic (exact) mass is 287 g/mol. The Balaban J connectivity index is 2.79. The van der Waals surface area contributed by atoms with Gasteiger partial charge in [-0.2, -0.15) is 0 Å². The molecule has 0 saturated heterocycles. The summed E-state index contributed by atoms with van der Waals surface area (Å²) in [6.45, 7) is 1.15. The van der Waals surface area contributed by atoms with Gasteiger partial charge < -0.3 is 15.6 Å². The van der Waals surface area contributed by atoms with Crippen LogP contribution in [0.3, 0.4) is 0 Å². The number of hydrogen-bond donors (Lipinski definition) is 2. The molecule has 1 aromatic rings. The molecule has 6 nitrogen and oxygen atoms in total. The van der Waals surface area contributed by atoms with E-state index in [9.17, 15) is 13.2 Å². The highest BCUT2D eigenvalue weighted by Gasteiger charge is 2.18. The maximum absolute atomic E-state index is 11.4. The Morgan fingerprint density at radius 1 is 1.37 bits per heavy atom. The summed E-state index contributed by atoms with van der Waals surface area (Å²) in [4.78, 5) is 11.6. The number of benzene rings is 1. The minimum Gasteiger partial charge on any atom is -0.457 e. The third kappa shape index (κ3) is 4.30. The van der Waals surface area contributed by atoms with Gasteiger partial charge in [0.1, 0.15) is 12.1 Å². The normalized spacial score (nSPS) is 14.7. The van der Waals surface area contributed by atoms with Crippen LogP contribution in [0.25, 0.3) is 0 Å². The SMILES string of the molecule is CC(OC(=O)C(N)CO)c1ccc(S(C)(=O)=O)cc1. The van der Waals surface area contributed by atoms with E-state index in [4.69, 9.17) is 15.6 Å². The summed E-state index contributed by atoms with van der Waals surface area (Å²) in [5.74, 6) is -0.706. The second-order valence-corrected chi connectivity index (χ2v) is 6.23. The molecule has 0 saturated carbocycles. The van der Waals surface area contributed by atoms with Crippen molar-refractivity contribution in [1.29, 1.82) is 0 Å². The number of ether oxygens (including phenoxy) is 1. The molecule has 1 aromatic carbocycles. The van der Waals surface area contributed by atoms with Crippen molar-refractivity contribution in [1.82, 2.24) is 0 Å². The topological polar surface area (TPSA) is 107 Å². The minimum absolute atomic E-state index is 0.196. The van der Waals surface area contributed by atoms with Crippen molar-refractivity contribution in [3.63, 3.8) is 0 Å². The van der Waals surface area contributed by atoms with Crippen LogP contribution in [0.5, 0.6) is 0 Å². The fraction of sp³-hybridized carbons (Fsp3) is 0.417. The van der Waals surface area contributed by atoms with Crippen LogP contribution in [0.2, 0.25) is 0 Å². The van der Waals surface area contributed by atoms with E-state index in [0.717, 1.165) is 6.26 Å². The van der Waals surface area contributed by atoms with Gasteiger partial charge in [-0.1, -0.05) is 12.1 Å². The smallest absolute Gasteiger partial charge is 0.325 e. The molecule has 2 atom stereocenters. The molecule has 7 heteroatoms. The molecular weight excluding hydrogens is 270 g/mol. The average Bonchev–Trinajstić information content (AvgIpc) is 2.36. The molecule has 19 heavy (non-hydrogen) atoms. The van der Waals surface area contributed by atoms with Gasteiger partial charge in [0.2, 0.25) is 0 Å². The molecule has 1 rings (SSSR count). The van der Waals surface area contributed by atoms with Crippen molar-refractivity contribution >= 4 is 15.8 Å². The van der Waals surface area contributed by atoms with Gasteiger partial charge in [0.15, 0.2) is 9.84 Å². The molecule has 0 fully saturated rings. The molecule has 2 unspecified atom stereocenters. The molecule has 106 valence electrons. The summed E-state index contributed by atoms with van der Waals surface area (Å²) in [6, 6.07) is 4.96. The summed E-state index contributed by atoms with van der Waals surface area (Å²) in [6.07, 6.45) is 0.546. The fourth-order valence-corrected chi connectivity index (χ4v) is 2.02. The van der Waals surface area contributed by atoms with E-state index in [-0.39, 0.29) is 4.90 Å². The van der Waals surface area contributed by atoms with Crippen molar-refractivity contribution < 1.29 is 23.1 Å². The van der Waals surface area contributed by atoms with Gasteiger partial charge in [-0.25, -0.2) is 8.42 Å². The second-order valence-electron chi connectivity index (χ2n) is 4.21. The van der Waals surface area contributed by atoms with Crippen LogP contribution < -0.4 is 5.73 Å². The number of esters is 1. The number of sulfone groups is 1. The first-order chi connectivity index (χ1) is 8.75. The van der Waals surface area contributed by atoms with Gasteiger partial charge in [-0.15, -0.1) is 0 Å². The van der Waals surface area contributed by atoms with E-state index in [2.05, 4.69) is 0 Å². The predicted molar refractivity (Wildman–Crippen MR) is 69.1 cm³/mol. The van der Waals surface area contributed by atoms with Crippen molar-refractivity contribution in [2.45, 2.75) is 24.0 Å². The summed E-state index contributed by atoms with van der Waals surface area (Å²) in [7, 11) is -3.25. The minimum atomic E-state index is -3.25. The van der Waals surface area contributed by atoms with Gasteiger partial charge in [0.05, 0.1) is 11.5 Å². The lowest BCUT2D eigenvalue weighted by molar-refractivity contribution is -0.151. The summed E-state index contributed by atoms with van der Waals surface area (Å²) >= 11 is 0. The van der Waals surface area contributed by atoms with E-state index >= 15 is 0 Å². The molecule has 0 aliphatic heterocycles. The standard InChI is InChI=1S/C12H17NO5S/c1-8(18-12(15)11(13)7-14)9-3-5-10(6-4-9)19(2,16)17/h3-6,8,11,14H,7,13H2,1-2H3. The lowest BCUT2D eigenvalue weighted by Gasteiger charge is -2.16. The molecule has 3 N–H and O–H groups in total. The summed E-state index contributed by atoms with van der Waals surface area (Å²) in [5.41, 5.74) is 5.96. The van der Waals surface area contributed by atoms with Crippen LogP contribution in [0, 0.1) is 0 Å². The van der Waals surface area contributed by atoms with Crippen molar-refractivity contribution in [2.24, 2.45) is 5.73 Å². The average molecular weight is 287 g/mol.